The average molecular weight is 226 g/mol. The third-order valence-electron chi connectivity index (χ3n) is 1.73. The van der Waals surface area contributed by atoms with Crippen LogP contribution in [0.25, 0.3) is 0 Å². The molecule has 0 bridgehead atoms. The maximum atomic E-state index is 2.41. The molecule has 0 radical (unpaired) electrons. The zero-order valence-corrected chi connectivity index (χ0v) is 7.94. The summed E-state index contributed by atoms with van der Waals surface area (Å²) in [6, 6.07) is 0. The second-order valence-electron chi connectivity index (χ2n) is 2.57. The molecule has 1 saturated heterocycles. The molecule has 1 atom stereocenters. The molecule has 0 aromatic rings. The van der Waals surface area contributed by atoms with Gasteiger partial charge in [0.15, 0.2) is 0 Å². The molecule has 1 aliphatic rings. The maximum absolute atomic E-state index is 2.41. The molecule has 1 fully saturated rings. The summed E-state index contributed by atoms with van der Waals surface area (Å²) in [5.41, 5.74) is 0. The molecule has 8 heavy (non-hydrogen) atoms. The van der Waals surface area contributed by atoms with Crippen molar-refractivity contribution in [2.24, 2.45) is 5.92 Å². The fourth-order valence-electron chi connectivity index (χ4n) is 1.11. The molecule has 0 aromatic heterocycles. The van der Waals surface area contributed by atoms with Crippen LogP contribution in [-0.2, 0) is 0 Å². The molecule has 0 aliphatic carbocycles. The Kier molecular flexibility index (Phi) is 2.60. The predicted octanol–water partition coefficient (Wildman–Crippen LogP) is 2.55. The van der Waals surface area contributed by atoms with Crippen LogP contribution < -0.4 is 0 Å². The Balaban J connectivity index is 2.22. The van der Waals surface area contributed by atoms with Crippen molar-refractivity contribution in [2.75, 3.05) is 13.3 Å². The van der Waals surface area contributed by atoms with E-state index in [-0.39, 0.29) is 19.8 Å². The van der Waals surface area contributed by atoms with Crippen molar-refractivity contribution >= 4 is 19.8 Å². The van der Waals surface area contributed by atoms with Gasteiger partial charge in [-0.05, 0) is 0 Å². The van der Waals surface area contributed by atoms with Crippen LogP contribution in [-0.4, -0.2) is 13.3 Å². The first-order valence-corrected chi connectivity index (χ1v) is 7.98. The molecule has 0 amide bonds. The van der Waals surface area contributed by atoms with Crippen LogP contribution in [0.2, 0.25) is 0 Å². The molecule has 1 rings (SSSR count). The Labute approximate surface area is 59.4 Å². The minimum absolute atomic E-state index is 0.271. The fourth-order valence-corrected chi connectivity index (χ4v) is 7.45. The van der Waals surface area contributed by atoms with Crippen LogP contribution in [0.5, 0.6) is 0 Å². The molecule has 1 unspecified atom stereocenters. The van der Waals surface area contributed by atoms with E-state index in [1.54, 1.807) is 19.7 Å². The van der Waals surface area contributed by atoms with Gasteiger partial charge in [-0.1, -0.05) is 0 Å². The van der Waals surface area contributed by atoms with E-state index in [0.717, 1.165) is 5.92 Å². The molecule has 0 N–H and O–H groups in total. The number of rotatable bonds is 1. The zero-order valence-electron chi connectivity index (χ0n) is 5.78. The van der Waals surface area contributed by atoms with Gasteiger partial charge in [0.05, 0.1) is 0 Å². The van der Waals surface area contributed by atoms with Crippen molar-refractivity contribution in [1.82, 2.24) is 0 Å². The van der Waals surface area contributed by atoms with E-state index in [9.17, 15) is 0 Å². The average Bonchev–Trinajstić information content (AvgIpc) is 2.14. The van der Waals surface area contributed by atoms with E-state index in [0.29, 0.717) is 0 Å². The van der Waals surface area contributed by atoms with Crippen molar-refractivity contribution in [3.8, 4) is 0 Å². The summed E-state index contributed by atoms with van der Waals surface area (Å²) in [5.74, 6) is 1.10. The summed E-state index contributed by atoms with van der Waals surface area (Å²) in [5, 5.41) is 0. The SMILES string of the molecule is CCI1CCC(C)C1. The molecule has 0 nitrogen and oxygen atoms in total. The van der Waals surface area contributed by atoms with Crippen molar-refractivity contribution in [3.63, 3.8) is 0 Å². The van der Waals surface area contributed by atoms with E-state index < -0.39 is 0 Å². The fraction of sp³-hybridized carbons (Fsp3) is 1.00. The van der Waals surface area contributed by atoms with E-state index in [1.807, 2.05) is 0 Å². The van der Waals surface area contributed by atoms with Crippen LogP contribution >= 0.6 is 19.8 Å². The van der Waals surface area contributed by atoms with Crippen LogP contribution in [0, 0.1) is 5.92 Å². The second-order valence-corrected chi connectivity index (χ2v) is 9.29. The quantitative estimate of drug-likeness (QED) is 0.476. The summed E-state index contributed by atoms with van der Waals surface area (Å²) in [6.45, 7) is 4.79. The van der Waals surface area contributed by atoms with E-state index in [4.69, 9.17) is 0 Å². The molecule has 1 heteroatoms. The molecule has 0 aromatic carbocycles. The van der Waals surface area contributed by atoms with Crippen LogP contribution in [0.15, 0.2) is 0 Å². The van der Waals surface area contributed by atoms with Gasteiger partial charge in [0.1, 0.15) is 0 Å². The summed E-state index contributed by atoms with van der Waals surface area (Å²) in [6.07, 6.45) is 1.55. The normalized spacial score (nSPS) is 33.8. The predicted molar refractivity (Wildman–Crippen MR) is 48.1 cm³/mol. The van der Waals surface area contributed by atoms with Gasteiger partial charge in [0, 0.05) is 0 Å². The van der Waals surface area contributed by atoms with E-state index in [2.05, 4.69) is 13.8 Å². The first-order chi connectivity index (χ1) is 3.83. The zero-order chi connectivity index (χ0) is 5.98. The van der Waals surface area contributed by atoms with Gasteiger partial charge in [0.25, 0.3) is 0 Å². The van der Waals surface area contributed by atoms with Gasteiger partial charge in [-0.2, -0.15) is 0 Å². The Hall–Kier alpha value is 0.730. The number of hydrogen-bond acceptors (Lipinski definition) is 0. The van der Waals surface area contributed by atoms with Gasteiger partial charge in [-0.15, -0.1) is 0 Å². The van der Waals surface area contributed by atoms with Crippen molar-refractivity contribution in [1.29, 1.82) is 0 Å². The van der Waals surface area contributed by atoms with Crippen molar-refractivity contribution < 1.29 is 0 Å². The minimum atomic E-state index is -0.271. The molecule has 0 saturated carbocycles. The van der Waals surface area contributed by atoms with Crippen LogP contribution in [0.3, 0.4) is 0 Å². The monoisotopic (exact) mass is 226 g/mol. The van der Waals surface area contributed by atoms with Crippen LogP contribution in [0.4, 0.5) is 0 Å². The Bertz CT molecular complexity index is 70.8. The first kappa shape index (κ1) is 6.84. The van der Waals surface area contributed by atoms with Gasteiger partial charge < -0.3 is 0 Å². The van der Waals surface area contributed by atoms with E-state index in [1.165, 1.54) is 0 Å². The third kappa shape index (κ3) is 1.61. The van der Waals surface area contributed by atoms with E-state index >= 15 is 0 Å². The molecular formula is C7H15I. The molecule has 50 valence electrons. The molecule has 1 heterocycles. The number of halogens is 1. The summed E-state index contributed by atoms with van der Waals surface area (Å²) >= 11 is -0.271. The first-order valence-electron chi connectivity index (χ1n) is 3.40. The van der Waals surface area contributed by atoms with Gasteiger partial charge in [-0.25, -0.2) is 0 Å². The van der Waals surface area contributed by atoms with Crippen molar-refractivity contribution in [2.45, 2.75) is 20.3 Å². The molecular weight excluding hydrogens is 211 g/mol. The second kappa shape index (κ2) is 3.04. The third-order valence-corrected chi connectivity index (χ3v) is 8.78. The number of hydrogen-bond donors (Lipinski definition) is 0. The number of alkyl halides is 3. The molecule has 1 aliphatic heterocycles. The summed E-state index contributed by atoms with van der Waals surface area (Å²) in [7, 11) is 0. The Morgan fingerprint density at radius 3 is 2.62 bits per heavy atom. The topological polar surface area (TPSA) is 0 Å². The summed E-state index contributed by atoms with van der Waals surface area (Å²) in [4.78, 5) is 0. The van der Waals surface area contributed by atoms with Gasteiger partial charge in [-0.3, -0.25) is 0 Å². The van der Waals surface area contributed by atoms with Gasteiger partial charge in [0.2, 0.25) is 0 Å². The van der Waals surface area contributed by atoms with Crippen LogP contribution in [0.1, 0.15) is 20.3 Å². The Morgan fingerprint density at radius 2 is 2.38 bits per heavy atom. The molecule has 0 spiro atoms. The summed E-state index contributed by atoms with van der Waals surface area (Å²) < 4.78 is 4.87. The van der Waals surface area contributed by atoms with Crippen molar-refractivity contribution in [3.05, 3.63) is 0 Å². The Morgan fingerprint density at radius 1 is 1.62 bits per heavy atom. The standard InChI is InChI=1S/C7H15I/c1-3-8-5-4-7(2)6-8/h7H,3-6H2,1-2H3. The van der Waals surface area contributed by atoms with Gasteiger partial charge >= 0.3 is 59.3 Å².